The van der Waals surface area contributed by atoms with Crippen molar-refractivity contribution in [1.29, 1.82) is 0 Å². The first kappa shape index (κ1) is 14.2. The minimum atomic E-state index is -0.491. The Kier molecular flexibility index (Phi) is 5.84. The molecular weight excluding hydrogens is 234 g/mol. The van der Waals surface area contributed by atoms with Crippen LogP contribution in [0.25, 0.3) is 0 Å². The van der Waals surface area contributed by atoms with E-state index in [-0.39, 0.29) is 0 Å². The molecule has 0 aliphatic heterocycles. The second-order valence-corrected chi connectivity index (χ2v) is 3.68. The molecular formula is C13H19NO4. The van der Waals surface area contributed by atoms with Gasteiger partial charge in [0.05, 0.1) is 26.5 Å². The predicted octanol–water partition coefficient (Wildman–Crippen LogP) is 3.05. The van der Waals surface area contributed by atoms with Crippen molar-refractivity contribution in [3.8, 4) is 11.5 Å². The maximum Gasteiger partial charge on any atom is 0.411 e. The summed E-state index contributed by atoms with van der Waals surface area (Å²) in [6.07, 6.45) is 1.34. The minimum Gasteiger partial charge on any atom is -0.497 e. The molecule has 0 heterocycles. The quantitative estimate of drug-likeness (QED) is 0.792. The van der Waals surface area contributed by atoms with Crippen LogP contribution in [0.5, 0.6) is 11.5 Å². The van der Waals surface area contributed by atoms with Crippen LogP contribution in [0.4, 0.5) is 10.5 Å². The van der Waals surface area contributed by atoms with Crippen LogP contribution >= 0.6 is 0 Å². The number of rotatable bonds is 6. The van der Waals surface area contributed by atoms with Crippen LogP contribution in [-0.2, 0) is 4.74 Å². The van der Waals surface area contributed by atoms with Gasteiger partial charge in [0.1, 0.15) is 11.5 Å². The zero-order chi connectivity index (χ0) is 13.4. The minimum absolute atomic E-state index is 0.411. The van der Waals surface area contributed by atoms with Crippen molar-refractivity contribution in [1.82, 2.24) is 0 Å². The molecule has 0 fully saturated rings. The van der Waals surface area contributed by atoms with Crippen LogP contribution in [0.2, 0.25) is 0 Å². The van der Waals surface area contributed by atoms with Crippen LogP contribution in [0.15, 0.2) is 18.2 Å². The molecule has 0 aromatic heterocycles. The molecule has 1 aromatic rings. The van der Waals surface area contributed by atoms with E-state index in [1.807, 2.05) is 6.92 Å². The summed E-state index contributed by atoms with van der Waals surface area (Å²) in [7, 11) is 3.10. The first-order valence-corrected chi connectivity index (χ1v) is 5.87. The third-order valence-electron chi connectivity index (χ3n) is 2.37. The van der Waals surface area contributed by atoms with Gasteiger partial charge in [0, 0.05) is 6.07 Å². The van der Waals surface area contributed by atoms with E-state index in [9.17, 15) is 4.79 Å². The molecule has 1 amide bonds. The standard InChI is InChI=1S/C13H19NO4/c1-4-5-8-18-13(15)14-11-9-10(16-2)6-7-12(11)17-3/h6-7,9H,4-5,8H2,1-3H3,(H,14,15). The lowest BCUT2D eigenvalue weighted by atomic mass is 10.2. The Bertz CT molecular complexity index is 393. The highest BCUT2D eigenvalue weighted by molar-refractivity contribution is 5.87. The fraction of sp³-hybridized carbons (Fsp3) is 0.462. The van der Waals surface area contributed by atoms with Gasteiger partial charge in [-0.15, -0.1) is 0 Å². The van der Waals surface area contributed by atoms with Gasteiger partial charge in [0.15, 0.2) is 0 Å². The fourth-order valence-corrected chi connectivity index (χ4v) is 1.37. The first-order valence-electron chi connectivity index (χ1n) is 5.87. The average Bonchev–Trinajstić information content (AvgIpc) is 2.39. The molecule has 0 radical (unpaired) electrons. The third-order valence-corrected chi connectivity index (χ3v) is 2.37. The molecule has 5 nitrogen and oxygen atoms in total. The van der Waals surface area contributed by atoms with Crippen molar-refractivity contribution < 1.29 is 19.0 Å². The van der Waals surface area contributed by atoms with Gasteiger partial charge in [-0.2, -0.15) is 0 Å². The summed E-state index contributed by atoms with van der Waals surface area (Å²) in [5.74, 6) is 1.20. The summed E-state index contributed by atoms with van der Waals surface area (Å²) in [5, 5.41) is 2.63. The van der Waals surface area contributed by atoms with Crippen molar-refractivity contribution in [2.75, 3.05) is 26.1 Å². The summed E-state index contributed by atoms with van der Waals surface area (Å²) < 4.78 is 15.2. The van der Waals surface area contributed by atoms with Gasteiger partial charge >= 0.3 is 6.09 Å². The van der Waals surface area contributed by atoms with Crippen molar-refractivity contribution in [3.05, 3.63) is 18.2 Å². The van der Waals surface area contributed by atoms with E-state index in [2.05, 4.69) is 5.32 Å². The first-order chi connectivity index (χ1) is 8.71. The molecule has 0 atom stereocenters. The van der Waals surface area contributed by atoms with Gasteiger partial charge < -0.3 is 14.2 Å². The maximum atomic E-state index is 11.5. The maximum absolute atomic E-state index is 11.5. The zero-order valence-corrected chi connectivity index (χ0v) is 11.0. The number of benzene rings is 1. The Labute approximate surface area is 107 Å². The smallest absolute Gasteiger partial charge is 0.411 e. The molecule has 0 saturated carbocycles. The van der Waals surface area contributed by atoms with Gasteiger partial charge in [-0.25, -0.2) is 4.79 Å². The van der Waals surface area contributed by atoms with Crippen molar-refractivity contribution in [2.24, 2.45) is 0 Å². The number of ether oxygens (including phenoxy) is 3. The van der Waals surface area contributed by atoms with Crippen molar-refractivity contribution in [2.45, 2.75) is 19.8 Å². The summed E-state index contributed by atoms with van der Waals surface area (Å²) in [4.78, 5) is 11.5. The Hall–Kier alpha value is -1.91. The number of nitrogens with one attached hydrogen (secondary N) is 1. The second-order valence-electron chi connectivity index (χ2n) is 3.68. The van der Waals surface area contributed by atoms with Gasteiger partial charge in [-0.05, 0) is 18.6 Å². The number of hydrogen-bond donors (Lipinski definition) is 1. The Morgan fingerprint density at radius 3 is 2.67 bits per heavy atom. The fourth-order valence-electron chi connectivity index (χ4n) is 1.37. The van der Waals surface area contributed by atoms with Crippen molar-refractivity contribution >= 4 is 11.8 Å². The molecule has 0 aliphatic carbocycles. The Balaban J connectivity index is 2.66. The number of unbranched alkanes of at least 4 members (excludes halogenated alkanes) is 1. The van der Waals surface area contributed by atoms with E-state index < -0.39 is 6.09 Å². The SMILES string of the molecule is CCCCOC(=O)Nc1cc(OC)ccc1OC. The number of carbonyl (C=O) groups excluding carboxylic acids is 1. The number of carbonyl (C=O) groups is 1. The van der Waals surface area contributed by atoms with E-state index in [4.69, 9.17) is 14.2 Å². The highest BCUT2D eigenvalue weighted by Crippen LogP contribution is 2.28. The highest BCUT2D eigenvalue weighted by atomic mass is 16.5. The lowest BCUT2D eigenvalue weighted by Gasteiger charge is -2.11. The van der Waals surface area contributed by atoms with E-state index in [1.54, 1.807) is 25.3 Å². The van der Waals surface area contributed by atoms with Crippen LogP contribution in [0, 0.1) is 0 Å². The summed E-state index contributed by atoms with van der Waals surface area (Å²) in [6, 6.07) is 5.16. The average molecular weight is 253 g/mol. The predicted molar refractivity (Wildman–Crippen MR) is 69.4 cm³/mol. The van der Waals surface area contributed by atoms with E-state index in [0.29, 0.717) is 23.8 Å². The molecule has 0 spiro atoms. The normalized spacial score (nSPS) is 9.72. The monoisotopic (exact) mass is 253 g/mol. The van der Waals surface area contributed by atoms with Crippen molar-refractivity contribution in [3.63, 3.8) is 0 Å². The lowest BCUT2D eigenvalue weighted by Crippen LogP contribution is -2.15. The Morgan fingerprint density at radius 1 is 1.28 bits per heavy atom. The van der Waals surface area contributed by atoms with Gasteiger partial charge in [0.25, 0.3) is 0 Å². The summed E-state index contributed by atoms with van der Waals surface area (Å²) >= 11 is 0. The topological polar surface area (TPSA) is 56.8 Å². The zero-order valence-electron chi connectivity index (χ0n) is 11.0. The van der Waals surface area contributed by atoms with Gasteiger partial charge in [0.2, 0.25) is 0 Å². The van der Waals surface area contributed by atoms with Gasteiger partial charge in [-0.3, -0.25) is 5.32 Å². The molecule has 0 unspecified atom stereocenters. The number of hydrogen-bond acceptors (Lipinski definition) is 4. The molecule has 0 aliphatic rings. The largest absolute Gasteiger partial charge is 0.497 e. The lowest BCUT2D eigenvalue weighted by molar-refractivity contribution is 0.160. The second kappa shape index (κ2) is 7.42. The molecule has 100 valence electrons. The molecule has 18 heavy (non-hydrogen) atoms. The molecule has 1 rings (SSSR count). The Morgan fingerprint density at radius 2 is 2.06 bits per heavy atom. The molecule has 1 N–H and O–H groups in total. The summed E-state index contributed by atoms with van der Waals surface area (Å²) in [5.41, 5.74) is 0.526. The van der Waals surface area contributed by atoms with Crippen LogP contribution in [0.1, 0.15) is 19.8 Å². The molecule has 1 aromatic carbocycles. The van der Waals surface area contributed by atoms with Crippen LogP contribution in [-0.4, -0.2) is 26.9 Å². The van der Waals surface area contributed by atoms with Crippen LogP contribution in [0.3, 0.4) is 0 Å². The highest BCUT2D eigenvalue weighted by Gasteiger charge is 2.09. The molecule has 0 saturated heterocycles. The van der Waals surface area contributed by atoms with Crippen LogP contribution < -0.4 is 14.8 Å². The van der Waals surface area contributed by atoms with E-state index >= 15 is 0 Å². The summed E-state index contributed by atoms with van der Waals surface area (Å²) in [6.45, 7) is 2.45. The number of anilines is 1. The van der Waals surface area contributed by atoms with E-state index in [0.717, 1.165) is 12.8 Å². The third kappa shape index (κ3) is 4.16. The molecule has 0 bridgehead atoms. The number of methoxy groups -OCH3 is 2. The number of amides is 1. The van der Waals surface area contributed by atoms with Gasteiger partial charge in [-0.1, -0.05) is 13.3 Å². The molecule has 5 heteroatoms. The van der Waals surface area contributed by atoms with E-state index in [1.165, 1.54) is 7.11 Å².